The van der Waals surface area contributed by atoms with Crippen molar-refractivity contribution in [2.45, 2.75) is 20.6 Å². The highest BCUT2D eigenvalue weighted by molar-refractivity contribution is 6.32. The monoisotopic (exact) mass is 346 g/mol. The maximum absolute atomic E-state index is 12.2. The van der Waals surface area contributed by atoms with E-state index in [1.807, 2.05) is 12.1 Å². The summed E-state index contributed by atoms with van der Waals surface area (Å²) < 4.78 is 12.1. The molecule has 0 fully saturated rings. The summed E-state index contributed by atoms with van der Waals surface area (Å²) in [5.74, 6) is 0.750. The molecule has 2 heterocycles. The van der Waals surface area contributed by atoms with Gasteiger partial charge in [-0.2, -0.15) is 5.10 Å². The molecule has 124 valence electrons. The van der Waals surface area contributed by atoms with E-state index in [9.17, 15) is 4.79 Å². The third kappa shape index (κ3) is 3.41. The molecule has 0 aliphatic rings. The van der Waals surface area contributed by atoms with Crippen LogP contribution >= 0.6 is 11.6 Å². The molecule has 0 unspecified atom stereocenters. The maximum Gasteiger partial charge on any atom is 0.276 e. The Balaban J connectivity index is 1.65. The number of para-hydroxylation sites is 1. The molecule has 7 nitrogen and oxygen atoms in total. The van der Waals surface area contributed by atoms with Gasteiger partial charge in [0.15, 0.2) is 18.2 Å². The Morgan fingerprint density at radius 1 is 1.33 bits per heavy atom. The largest absolute Gasteiger partial charge is 0.470 e. The fourth-order valence-electron chi connectivity index (χ4n) is 2.09. The number of aromatic nitrogens is 3. The summed E-state index contributed by atoms with van der Waals surface area (Å²) >= 11 is 6.02. The van der Waals surface area contributed by atoms with Crippen LogP contribution in [0.5, 0.6) is 5.75 Å². The number of hydrogen-bond donors (Lipinski definition) is 1. The first-order valence-corrected chi connectivity index (χ1v) is 7.57. The third-order valence-electron chi connectivity index (χ3n) is 3.33. The molecule has 1 N–H and O–H groups in total. The SMILES string of the molecule is Cc1noc(C)c1NC(=O)c1ccn(COc2ccccc2Cl)n1. The van der Waals surface area contributed by atoms with Gasteiger partial charge in [0.2, 0.25) is 0 Å². The molecule has 3 aromatic rings. The van der Waals surface area contributed by atoms with Crippen molar-refractivity contribution >= 4 is 23.2 Å². The van der Waals surface area contributed by atoms with Gasteiger partial charge in [0.25, 0.3) is 5.91 Å². The van der Waals surface area contributed by atoms with Crippen LogP contribution in [0.4, 0.5) is 5.69 Å². The van der Waals surface area contributed by atoms with E-state index in [2.05, 4.69) is 15.6 Å². The van der Waals surface area contributed by atoms with Crippen LogP contribution in [0.15, 0.2) is 41.1 Å². The molecule has 3 rings (SSSR count). The van der Waals surface area contributed by atoms with E-state index < -0.39 is 0 Å². The second-order valence-corrected chi connectivity index (χ2v) is 5.50. The molecular formula is C16H15ClN4O3. The number of carbonyl (C=O) groups is 1. The second kappa shape index (κ2) is 6.76. The minimum absolute atomic E-state index is 0.141. The predicted octanol–water partition coefficient (Wildman–Crippen LogP) is 3.43. The van der Waals surface area contributed by atoms with Crippen molar-refractivity contribution in [2.24, 2.45) is 0 Å². The van der Waals surface area contributed by atoms with Gasteiger partial charge in [-0.15, -0.1) is 0 Å². The van der Waals surface area contributed by atoms with Gasteiger partial charge in [-0.25, -0.2) is 4.68 Å². The lowest BCUT2D eigenvalue weighted by molar-refractivity contribution is 0.102. The van der Waals surface area contributed by atoms with E-state index in [4.69, 9.17) is 20.9 Å². The Labute approximate surface area is 143 Å². The molecule has 0 radical (unpaired) electrons. The van der Waals surface area contributed by atoms with Crippen LogP contribution in [0.1, 0.15) is 21.9 Å². The Kier molecular flexibility index (Phi) is 4.52. The van der Waals surface area contributed by atoms with E-state index in [1.165, 1.54) is 4.68 Å². The van der Waals surface area contributed by atoms with Crippen LogP contribution in [-0.2, 0) is 6.73 Å². The molecule has 1 amide bonds. The molecule has 0 bridgehead atoms. The number of anilines is 1. The Bertz CT molecular complexity index is 852. The summed E-state index contributed by atoms with van der Waals surface area (Å²) in [6.45, 7) is 3.62. The number of benzene rings is 1. The number of ether oxygens (including phenoxy) is 1. The first-order valence-electron chi connectivity index (χ1n) is 7.19. The third-order valence-corrected chi connectivity index (χ3v) is 3.65. The summed E-state index contributed by atoms with van der Waals surface area (Å²) in [6.07, 6.45) is 1.65. The van der Waals surface area contributed by atoms with Crippen molar-refractivity contribution in [3.8, 4) is 5.75 Å². The first kappa shape index (κ1) is 16.1. The summed E-state index contributed by atoms with van der Waals surface area (Å²) in [4.78, 5) is 12.2. The zero-order chi connectivity index (χ0) is 17.1. The average Bonchev–Trinajstić information content (AvgIpc) is 3.16. The fourth-order valence-corrected chi connectivity index (χ4v) is 2.28. The zero-order valence-electron chi connectivity index (χ0n) is 13.1. The molecule has 1 aromatic carbocycles. The standard InChI is InChI=1S/C16H15ClN4O3/c1-10-15(11(2)24-20-10)18-16(22)13-7-8-21(19-13)9-23-14-6-4-3-5-12(14)17/h3-8H,9H2,1-2H3,(H,18,22). The van der Waals surface area contributed by atoms with Crippen molar-refractivity contribution in [3.63, 3.8) is 0 Å². The van der Waals surface area contributed by atoms with Gasteiger partial charge in [0.1, 0.15) is 17.1 Å². The summed E-state index contributed by atoms with van der Waals surface area (Å²) in [5, 5.41) is 11.2. The minimum atomic E-state index is -0.346. The lowest BCUT2D eigenvalue weighted by Crippen LogP contribution is -2.15. The number of halogens is 1. The number of rotatable bonds is 5. The molecular weight excluding hydrogens is 332 g/mol. The Hall–Kier alpha value is -2.80. The van der Waals surface area contributed by atoms with Crippen molar-refractivity contribution in [2.75, 3.05) is 5.32 Å². The van der Waals surface area contributed by atoms with Crippen molar-refractivity contribution in [1.82, 2.24) is 14.9 Å². The predicted molar refractivity (Wildman–Crippen MR) is 88.2 cm³/mol. The van der Waals surface area contributed by atoms with E-state index in [0.717, 1.165) is 0 Å². The highest BCUT2D eigenvalue weighted by Crippen LogP contribution is 2.23. The quantitative estimate of drug-likeness (QED) is 0.765. The number of nitrogens with one attached hydrogen (secondary N) is 1. The number of aryl methyl sites for hydroxylation is 2. The molecule has 0 spiro atoms. The molecule has 2 aromatic heterocycles. The Morgan fingerprint density at radius 3 is 2.83 bits per heavy atom. The molecule has 0 aliphatic carbocycles. The summed E-state index contributed by atoms with van der Waals surface area (Å²) in [6, 6.07) is 8.75. The highest BCUT2D eigenvalue weighted by Gasteiger charge is 2.15. The number of nitrogens with zero attached hydrogens (tertiary/aromatic N) is 3. The lowest BCUT2D eigenvalue weighted by atomic mass is 10.3. The van der Waals surface area contributed by atoms with Gasteiger partial charge in [-0.3, -0.25) is 4.79 Å². The zero-order valence-corrected chi connectivity index (χ0v) is 13.9. The van der Waals surface area contributed by atoms with Crippen molar-refractivity contribution in [3.05, 3.63) is 58.7 Å². The van der Waals surface area contributed by atoms with Gasteiger partial charge in [0.05, 0.1) is 5.02 Å². The van der Waals surface area contributed by atoms with E-state index in [-0.39, 0.29) is 18.3 Å². The van der Waals surface area contributed by atoms with Crippen LogP contribution in [0.2, 0.25) is 5.02 Å². The smallest absolute Gasteiger partial charge is 0.276 e. The van der Waals surface area contributed by atoms with Crippen LogP contribution in [-0.4, -0.2) is 20.8 Å². The minimum Gasteiger partial charge on any atom is -0.470 e. The topological polar surface area (TPSA) is 82.2 Å². The molecule has 0 saturated carbocycles. The van der Waals surface area contributed by atoms with Crippen molar-refractivity contribution in [1.29, 1.82) is 0 Å². The number of hydrogen-bond acceptors (Lipinski definition) is 5. The van der Waals surface area contributed by atoms with Gasteiger partial charge < -0.3 is 14.6 Å². The second-order valence-electron chi connectivity index (χ2n) is 5.10. The van der Waals surface area contributed by atoms with Crippen molar-refractivity contribution < 1.29 is 14.1 Å². The molecule has 8 heteroatoms. The van der Waals surface area contributed by atoms with Crippen LogP contribution in [0.25, 0.3) is 0 Å². The van der Waals surface area contributed by atoms with Gasteiger partial charge in [-0.05, 0) is 32.0 Å². The number of carbonyl (C=O) groups excluding carboxylic acids is 1. The molecule has 0 aliphatic heterocycles. The molecule has 24 heavy (non-hydrogen) atoms. The van der Waals surface area contributed by atoms with E-state index in [0.29, 0.717) is 27.9 Å². The average molecular weight is 347 g/mol. The first-order chi connectivity index (χ1) is 11.5. The normalized spacial score (nSPS) is 10.6. The maximum atomic E-state index is 12.2. The van der Waals surface area contributed by atoms with Gasteiger partial charge >= 0.3 is 0 Å². The van der Waals surface area contributed by atoms with E-state index >= 15 is 0 Å². The lowest BCUT2D eigenvalue weighted by Gasteiger charge is -2.07. The highest BCUT2D eigenvalue weighted by atomic mass is 35.5. The summed E-state index contributed by atoms with van der Waals surface area (Å²) in [5.41, 5.74) is 1.43. The molecule has 0 atom stereocenters. The Morgan fingerprint density at radius 2 is 2.12 bits per heavy atom. The molecule has 0 saturated heterocycles. The van der Waals surface area contributed by atoms with Crippen LogP contribution in [0, 0.1) is 13.8 Å². The van der Waals surface area contributed by atoms with E-state index in [1.54, 1.807) is 38.2 Å². The van der Waals surface area contributed by atoms with Crippen LogP contribution < -0.4 is 10.1 Å². The van der Waals surface area contributed by atoms with Gasteiger partial charge in [-0.1, -0.05) is 28.9 Å². The van der Waals surface area contributed by atoms with Gasteiger partial charge in [0, 0.05) is 6.20 Å². The van der Waals surface area contributed by atoms with Crippen LogP contribution in [0.3, 0.4) is 0 Å². The summed E-state index contributed by atoms with van der Waals surface area (Å²) in [7, 11) is 0. The number of amides is 1. The fraction of sp³-hybridized carbons (Fsp3) is 0.188.